The van der Waals surface area contributed by atoms with E-state index >= 15 is 0 Å². The third-order valence-electron chi connectivity index (χ3n) is 3.51. The molecular formula is C18H31NO2. The van der Waals surface area contributed by atoms with Gasteiger partial charge in [0.15, 0.2) is 0 Å². The zero-order chi connectivity index (χ0) is 15.5. The Morgan fingerprint density at radius 3 is 2.33 bits per heavy atom. The lowest BCUT2D eigenvalue weighted by molar-refractivity contribution is -0.000527. The number of ether oxygens (including phenoxy) is 2. The number of methoxy groups -OCH3 is 1. The van der Waals surface area contributed by atoms with Crippen LogP contribution in [0.4, 0.5) is 0 Å². The number of benzene rings is 1. The molecule has 0 saturated heterocycles. The number of rotatable bonds is 11. The molecule has 2 unspecified atom stereocenters. The Balaban J connectivity index is 2.62. The predicted octanol–water partition coefficient (Wildman–Crippen LogP) is 3.73. The Hall–Kier alpha value is -0.900. The summed E-state index contributed by atoms with van der Waals surface area (Å²) in [5.74, 6) is 0. The summed E-state index contributed by atoms with van der Waals surface area (Å²) in [6, 6.07) is 9.17. The average Bonchev–Trinajstić information content (AvgIpc) is 2.49. The topological polar surface area (TPSA) is 30.5 Å². The van der Waals surface area contributed by atoms with Crippen LogP contribution >= 0.6 is 0 Å². The van der Waals surface area contributed by atoms with Crippen molar-refractivity contribution in [1.82, 2.24) is 5.32 Å². The number of nitrogens with one attached hydrogen (secondary N) is 1. The maximum absolute atomic E-state index is 5.89. The van der Waals surface area contributed by atoms with Crippen molar-refractivity contribution in [3.8, 4) is 0 Å². The summed E-state index contributed by atoms with van der Waals surface area (Å²) < 4.78 is 11.0. The minimum atomic E-state index is 0.125. The molecular weight excluding hydrogens is 262 g/mol. The lowest BCUT2D eigenvalue weighted by Gasteiger charge is -2.22. The summed E-state index contributed by atoms with van der Waals surface area (Å²) in [5.41, 5.74) is 2.71. The second kappa shape index (κ2) is 10.8. The zero-order valence-corrected chi connectivity index (χ0v) is 14.0. The summed E-state index contributed by atoms with van der Waals surface area (Å²) in [6.45, 7) is 8.76. The van der Waals surface area contributed by atoms with E-state index in [9.17, 15) is 0 Å². The van der Waals surface area contributed by atoms with Crippen LogP contribution in [0.15, 0.2) is 24.3 Å². The van der Waals surface area contributed by atoms with Crippen molar-refractivity contribution in [2.24, 2.45) is 0 Å². The molecule has 0 fully saturated rings. The van der Waals surface area contributed by atoms with Crippen LogP contribution in [0.1, 0.15) is 50.8 Å². The summed E-state index contributed by atoms with van der Waals surface area (Å²) in [5, 5.41) is 3.57. The quantitative estimate of drug-likeness (QED) is 0.674. The van der Waals surface area contributed by atoms with Crippen molar-refractivity contribution >= 4 is 0 Å². The smallest absolute Gasteiger partial charge is 0.0781 e. The summed E-state index contributed by atoms with van der Waals surface area (Å²) >= 11 is 0. The molecule has 1 N–H and O–H groups in total. The molecule has 0 aliphatic carbocycles. The molecule has 1 aromatic rings. The normalized spacial score (nSPS) is 14.1. The molecule has 0 aliphatic heterocycles. The Morgan fingerprint density at radius 1 is 1.05 bits per heavy atom. The van der Waals surface area contributed by atoms with E-state index in [1.165, 1.54) is 17.5 Å². The van der Waals surface area contributed by atoms with Crippen molar-refractivity contribution < 1.29 is 9.47 Å². The van der Waals surface area contributed by atoms with Crippen molar-refractivity contribution in [3.63, 3.8) is 0 Å². The Bertz CT molecular complexity index is 364. The first-order valence-corrected chi connectivity index (χ1v) is 8.14. The molecule has 0 bridgehead atoms. The third kappa shape index (κ3) is 7.07. The van der Waals surface area contributed by atoms with Gasteiger partial charge in [-0.05, 0) is 37.4 Å². The molecule has 0 aliphatic rings. The molecule has 1 aromatic carbocycles. The highest BCUT2D eigenvalue weighted by molar-refractivity contribution is 5.25. The molecule has 3 heteroatoms. The minimum absolute atomic E-state index is 0.125. The van der Waals surface area contributed by atoms with Crippen LogP contribution in [0.2, 0.25) is 0 Å². The zero-order valence-electron chi connectivity index (χ0n) is 14.0. The largest absolute Gasteiger partial charge is 0.382 e. The Labute approximate surface area is 130 Å². The lowest BCUT2D eigenvalue weighted by Crippen LogP contribution is -2.29. The van der Waals surface area contributed by atoms with E-state index in [0.717, 1.165) is 19.4 Å². The first kappa shape index (κ1) is 18.1. The second-order valence-electron chi connectivity index (χ2n) is 5.60. The van der Waals surface area contributed by atoms with E-state index in [1.54, 1.807) is 7.11 Å². The molecule has 0 saturated carbocycles. The summed E-state index contributed by atoms with van der Waals surface area (Å²) in [6.07, 6.45) is 3.58. The fourth-order valence-corrected chi connectivity index (χ4v) is 2.34. The van der Waals surface area contributed by atoms with Crippen LogP contribution in [0.25, 0.3) is 0 Å². The summed E-state index contributed by atoms with van der Waals surface area (Å²) in [7, 11) is 1.71. The van der Waals surface area contributed by atoms with Gasteiger partial charge in [-0.1, -0.05) is 44.5 Å². The van der Waals surface area contributed by atoms with Gasteiger partial charge in [0, 0.05) is 7.11 Å². The molecule has 21 heavy (non-hydrogen) atoms. The van der Waals surface area contributed by atoms with E-state index in [-0.39, 0.29) is 12.1 Å². The second-order valence-corrected chi connectivity index (χ2v) is 5.60. The molecule has 0 spiro atoms. The van der Waals surface area contributed by atoms with Gasteiger partial charge in [0.25, 0.3) is 0 Å². The highest BCUT2D eigenvalue weighted by Gasteiger charge is 2.13. The molecule has 0 heterocycles. The van der Waals surface area contributed by atoms with Crippen LogP contribution in [0, 0.1) is 0 Å². The van der Waals surface area contributed by atoms with E-state index in [0.29, 0.717) is 13.2 Å². The minimum Gasteiger partial charge on any atom is -0.382 e. The van der Waals surface area contributed by atoms with Gasteiger partial charge in [0.05, 0.1) is 25.4 Å². The van der Waals surface area contributed by atoms with Crippen LogP contribution in [0.5, 0.6) is 0 Å². The molecule has 0 aromatic heterocycles. The van der Waals surface area contributed by atoms with Gasteiger partial charge in [-0.2, -0.15) is 0 Å². The first-order valence-electron chi connectivity index (χ1n) is 8.14. The van der Waals surface area contributed by atoms with Gasteiger partial charge in [0.1, 0.15) is 0 Å². The maximum atomic E-state index is 5.89. The fourth-order valence-electron chi connectivity index (χ4n) is 2.34. The van der Waals surface area contributed by atoms with Crippen molar-refractivity contribution in [2.45, 2.75) is 52.2 Å². The Morgan fingerprint density at radius 2 is 1.76 bits per heavy atom. The summed E-state index contributed by atoms with van der Waals surface area (Å²) in [4.78, 5) is 0. The van der Waals surface area contributed by atoms with Crippen LogP contribution in [-0.4, -0.2) is 33.0 Å². The van der Waals surface area contributed by atoms with Gasteiger partial charge in [0.2, 0.25) is 0 Å². The van der Waals surface area contributed by atoms with E-state index in [4.69, 9.17) is 9.47 Å². The monoisotopic (exact) mass is 293 g/mol. The predicted molar refractivity (Wildman–Crippen MR) is 88.8 cm³/mol. The van der Waals surface area contributed by atoms with Gasteiger partial charge in [-0.25, -0.2) is 0 Å². The van der Waals surface area contributed by atoms with E-state index in [2.05, 4.69) is 43.4 Å². The molecule has 0 radical (unpaired) electrons. The third-order valence-corrected chi connectivity index (χ3v) is 3.51. The number of aryl methyl sites for hydroxylation is 1. The highest BCUT2D eigenvalue weighted by atomic mass is 16.5. The molecule has 3 nitrogen and oxygen atoms in total. The van der Waals surface area contributed by atoms with Crippen LogP contribution < -0.4 is 5.32 Å². The number of hydrogen-bond donors (Lipinski definition) is 1. The maximum Gasteiger partial charge on any atom is 0.0781 e. The van der Waals surface area contributed by atoms with Crippen LogP contribution in [0.3, 0.4) is 0 Å². The van der Waals surface area contributed by atoms with Gasteiger partial charge < -0.3 is 14.8 Å². The average molecular weight is 293 g/mol. The molecule has 2 atom stereocenters. The molecule has 120 valence electrons. The first-order chi connectivity index (χ1) is 10.2. The Kier molecular flexibility index (Phi) is 9.31. The molecule has 1 rings (SSSR count). The van der Waals surface area contributed by atoms with Gasteiger partial charge in [-0.3, -0.25) is 0 Å². The van der Waals surface area contributed by atoms with Crippen molar-refractivity contribution in [1.29, 1.82) is 0 Å². The van der Waals surface area contributed by atoms with Crippen molar-refractivity contribution in [3.05, 3.63) is 35.4 Å². The van der Waals surface area contributed by atoms with E-state index in [1.807, 2.05) is 6.92 Å². The van der Waals surface area contributed by atoms with Crippen molar-refractivity contribution in [2.75, 3.05) is 26.9 Å². The highest BCUT2D eigenvalue weighted by Crippen LogP contribution is 2.16. The van der Waals surface area contributed by atoms with E-state index < -0.39 is 0 Å². The lowest BCUT2D eigenvalue weighted by atomic mass is 10.0. The fraction of sp³-hybridized carbons (Fsp3) is 0.667. The SMILES string of the molecule is CCCNC(COC(C)COC)c1ccc(CCC)cc1. The molecule has 0 amide bonds. The van der Waals surface area contributed by atoms with Gasteiger partial charge in [-0.15, -0.1) is 0 Å². The number of hydrogen-bond acceptors (Lipinski definition) is 3. The standard InChI is InChI=1S/C18H31NO2/c1-5-7-16-8-10-17(11-9-16)18(19-12-6-2)14-21-15(3)13-20-4/h8-11,15,18-19H,5-7,12-14H2,1-4H3. The van der Waals surface area contributed by atoms with Gasteiger partial charge >= 0.3 is 0 Å². The van der Waals surface area contributed by atoms with Crippen LogP contribution in [-0.2, 0) is 15.9 Å².